The molecule has 0 bridgehead atoms. The van der Waals surface area contributed by atoms with Crippen LogP contribution in [0.15, 0.2) is 30.5 Å². The lowest BCUT2D eigenvalue weighted by molar-refractivity contribution is -0.115. The van der Waals surface area contributed by atoms with Crippen LogP contribution in [0.5, 0.6) is 0 Å². The first-order valence-corrected chi connectivity index (χ1v) is 6.77. The van der Waals surface area contributed by atoms with Gasteiger partial charge in [-0.3, -0.25) is 9.59 Å². The number of anilines is 2. The zero-order valence-corrected chi connectivity index (χ0v) is 12.0. The zero-order valence-electron chi connectivity index (χ0n) is 11.2. The van der Waals surface area contributed by atoms with Gasteiger partial charge in [0.15, 0.2) is 5.15 Å². The lowest BCUT2D eigenvalue weighted by Gasteiger charge is -2.08. The van der Waals surface area contributed by atoms with Crippen molar-refractivity contribution in [3.05, 3.63) is 52.3 Å². The summed E-state index contributed by atoms with van der Waals surface area (Å²) in [5, 5.41) is 5.68. The maximum absolute atomic E-state index is 12.2. The Kier molecular flexibility index (Phi) is 3.35. The number of nitrogens with zero attached hydrogens (tertiary/aromatic N) is 1. The van der Waals surface area contributed by atoms with Gasteiger partial charge in [0.2, 0.25) is 5.91 Å². The van der Waals surface area contributed by atoms with E-state index in [9.17, 15) is 9.59 Å². The molecule has 0 aliphatic carbocycles. The Morgan fingerprint density at radius 1 is 1.38 bits per heavy atom. The van der Waals surface area contributed by atoms with Crippen LogP contribution in [0.3, 0.4) is 0 Å². The second kappa shape index (κ2) is 5.18. The van der Waals surface area contributed by atoms with Gasteiger partial charge in [-0.25, -0.2) is 4.98 Å². The summed E-state index contributed by atoms with van der Waals surface area (Å²) in [4.78, 5) is 27.6. The Morgan fingerprint density at radius 2 is 2.19 bits per heavy atom. The number of rotatable bonds is 2. The van der Waals surface area contributed by atoms with Gasteiger partial charge in [-0.15, -0.1) is 0 Å². The Bertz CT molecular complexity index is 759. The van der Waals surface area contributed by atoms with Gasteiger partial charge < -0.3 is 10.6 Å². The Labute approximate surface area is 126 Å². The van der Waals surface area contributed by atoms with Crippen LogP contribution in [0.25, 0.3) is 0 Å². The third-order valence-electron chi connectivity index (χ3n) is 3.22. The van der Waals surface area contributed by atoms with Crippen molar-refractivity contribution >= 4 is 34.8 Å². The number of halogens is 1. The molecule has 3 rings (SSSR count). The number of aryl methyl sites for hydroxylation is 1. The summed E-state index contributed by atoms with van der Waals surface area (Å²) in [5.41, 5.74) is 3.39. The highest BCUT2D eigenvalue weighted by molar-refractivity contribution is 6.32. The number of nitrogens with one attached hydrogen (secondary N) is 2. The number of carbonyl (C=O) groups excluding carboxylic acids is 2. The molecule has 5 nitrogen and oxygen atoms in total. The first-order chi connectivity index (χ1) is 10.0. The predicted molar refractivity (Wildman–Crippen MR) is 80.7 cm³/mol. The molecule has 2 N–H and O–H groups in total. The van der Waals surface area contributed by atoms with Crippen molar-refractivity contribution in [2.45, 2.75) is 13.3 Å². The summed E-state index contributed by atoms with van der Waals surface area (Å²) in [5.74, 6) is -0.360. The van der Waals surface area contributed by atoms with E-state index in [1.54, 1.807) is 30.5 Å². The Balaban J connectivity index is 1.85. The molecule has 2 aromatic rings. The molecule has 0 radical (unpaired) electrons. The maximum Gasteiger partial charge on any atom is 0.255 e. The molecule has 1 aliphatic heterocycles. The summed E-state index contributed by atoms with van der Waals surface area (Å²) >= 11 is 5.96. The summed E-state index contributed by atoms with van der Waals surface area (Å²) < 4.78 is 0. The van der Waals surface area contributed by atoms with Crippen LogP contribution >= 0.6 is 11.6 Å². The highest BCUT2D eigenvalue weighted by atomic mass is 35.5. The van der Waals surface area contributed by atoms with Crippen molar-refractivity contribution < 1.29 is 9.59 Å². The molecule has 1 aliphatic rings. The molecule has 106 valence electrons. The van der Waals surface area contributed by atoms with Crippen LogP contribution in [0, 0.1) is 6.92 Å². The van der Waals surface area contributed by atoms with Gasteiger partial charge in [-0.2, -0.15) is 0 Å². The van der Waals surface area contributed by atoms with Crippen molar-refractivity contribution in [3.63, 3.8) is 0 Å². The van der Waals surface area contributed by atoms with Crippen LogP contribution in [0.1, 0.15) is 21.5 Å². The fourth-order valence-electron chi connectivity index (χ4n) is 2.19. The predicted octanol–water partition coefficient (Wildman–Crippen LogP) is 2.79. The first-order valence-electron chi connectivity index (χ1n) is 6.39. The molecule has 6 heteroatoms. The van der Waals surface area contributed by atoms with Crippen LogP contribution in [0.4, 0.5) is 11.4 Å². The van der Waals surface area contributed by atoms with Crippen molar-refractivity contribution in [2.75, 3.05) is 10.6 Å². The third kappa shape index (κ3) is 2.73. The van der Waals surface area contributed by atoms with Gasteiger partial charge in [0.1, 0.15) is 0 Å². The average Bonchev–Trinajstić information content (AvgIpc) is 2.81. The van der Waals surface area contributed by atoms with Crippen LogP contribution in [-0.4, -0.2) is 16.8 Å². The number of fused-ring (bicyclic) bond motifs is 1. The summed E-state index contributed by atoms with van der Waals surface area (Å²) in [6, 6.07) is 6.87. The van der Waals surface area contributed by atoms with Crippen LogP contribution < -0.4 is 10.6 Å². The van der Waals surface area contributed by atoms with E-state index in [1.165, 1.54) is 0 Å². The SMILES string of the molecule is Cc1cnc(Cl)c(NC(=O)c2ccc3c(c2)NC(=O)C3)c1. The number of pyridine rings is 1. The third-order valence-corrected chi connectivity index (χ3v) is 3.52. The lowest BCUT2D eigenvalue weighted by atomic mass is 10.1. The highest BCUT2D eigenvalue weighted by Gasteiger charge is 2.19. The van der Waals surface area contributed by atoms with E-state index in [1.807, 2.05) is 6.92 Å². The number of benzene rings is 1. The fraction of sp³-hybridized carbons (Fsp3) is 0.133. The Hall–Kier alpha value is -2.40. The van der Waals surface area contributed by atoms with E-state index in [4.69, 9.17) is 11.6 Å². The van der Waals surface area contributed by atoms with Gasteiger partial charge in [0, 0.05) is 17.4 Å². The standard InChI is InChI=1S/C15H12ClN3O2/c1-8-4-12(14(16)17-7-8)19-15(21)10-3-2-9-6-13(20)18-11(9)5-10/h2-5,7H,6H2,1H3,(H,18,20)(H,19,21). The van der Waals surface area contributed by atoms with Crippen LogP contribution in [-0.2, 0) is 11.2 Å². The van der Waals surface area contributed by atoms with Gasteiger partial charge in [-0.05, 0) is 36.2 Å². The topological polar surface area (TPSA) is 71.1 Å². The lowest BCUT2D eigenvalue weighted by Crippen LogP contribution is -2.13. The average molecular weight is 302 g/mol. The molecule has 2 amide bonds. The van der Waals surface area contributed by atoms with Gasteiger partial charge in [0.25, 0.3) is 5.91 Å². The van der Waals surface area contributed by atoms with Gasteiger partial charge in [-0.1, -0.05) is 17.7 Å². The number of amides is 2. The fourth-order valence-corrected chi connectivity index (χ4v) is 2.34. The maximum atomic E-state index is 12.2. The molecule has 0 saturated carbocycles. The molecule has 0 atom stereocenters. The normalized spacial score (nSPS) is 12.8. The first kappa shape index (κ1) is 13.6. The minimum atomic E-state index is -0.298. The second-order valence-corrected chi connectivity index (χ2v) is 5.26. The van der Waals surface area contributed by atoms with Crippen LogP contribution in [0.2, 0.25) is 5.15 Å². The molecule has 0 unspecified atom stereocenters. The molecule has 1 aromatic carbocycles. The number of hydrogen-bond donors (Lipinski definition) is 2. The molecule has 21 heavy (non-hydrogen) atoms. The zero-order chi connectivity index (χ0) is 15.0. The molecule has 0 saturated heterocycles. The number of aromatic nitrogens is 1. The van der Waals surface area contributed by atoms with Crippen molar-refractivity contribution in [2.24, 2.45) is 0 Å². The highest BCUT2D eigenvalue weighted by Crippen LogP contribution is 2.25. The summed E-state index contributed by atoms with van der Waals surface area (Å²) in [7, 11) is 0. The largest absolute Gasteiger partial charge is 0.326 e. The van der Waals surface area contributed by atoms with Crippen molar-refractivity contribution in [1.82, 2.24) is 4.98 Å². The van der Waals surface area contributed by atoms with E-state index in [-0.39, 0.29) is 17.0 Å². The number of carbonyl (C=O) groups is 2. The molecule has 1 aromatic heterocycles. The molecule has 0 spiro atoms. The molecule has 0 fully saturated rings. The summed E-state index contributed by atoms with van der Waals surface area (Å²) in [6.07, 6.45) is 1.98. The minimum Gasteiger partial charge on any atom is -0.326 e. The molecular weight excluding hydrogens is 290 g/mol. The van der Waals surface area contributed by atoms with Crippen molar-refractivity contribution in [3.8, 4) is 0 Å². The van der Waals surface area contributed by atoms with Gasteiger partial charge >= 0.3 is 0 Å². The van der Waals surface area contributed by atoms with E-state index >= 15 is 0 Å². The van der Waals surface area contributed by atoms with E-state index in [0.717, 1.165) is 11.1 Å². The minimum absolute atomic E-state index is 0.0616. The smallest absolute Gasteiger partial charge is 0.255 e. The van der Waals surface area contributed by atoms with Gasteiger partial charge in [0.05, 0.1) is 12.1 Å². The van der Waals surface area contributed by atoms with E-state index < -0.39 is 0 Å². The quantitative estimate of drug-likeness (QED) is 0.838. The molecular formula is C15H12ClN3O2. The number of hydrogen-bond acceptors (Lipinski definition) is 3. The van der Waals surface area contributed by atoms with Crippen molar-refractivity contribution in [1.29, 1.82) is 0 Å². The molecule has 2 heterocycles. The van der Waals surface area contributed by atoms with E-state index in [0.29, 0.717) is 23.4 Å². The van der Waals surface area contributed by atoms with E-state index in [2.05, 4.69) is 15.6 Å². The monoisotopic (exact) mass is 301 g/mol. The Morgan fingerprint density at radius 3 is 3.00 bits per heavy atom. The second-order valence-electron chi connectivity index (χ2n) is 4.90. The summed E-state index contributed by atoms with van der Waals surface area (Å²) in [6.45, 7) is 1.86.